The Morgan fingerprint density at radius 1 is 0.824 bits per heavy atom. The Labute approximate surface area is 101 Å². The molecule has 0 saturated carbocycles. The first-order valence-electron chi connectivity index (χ1n) is 5.87. The largest absolute Gasteiger partial charge is 0.360 e. The van der Waals surface area contributed by atoms with Crippen molar-refractivity contribution in [3.05, 3.63) is 77.9 Å². The van der Waals surface area contributed by atoms with Crippen molar-refractivity contribution in [2.24, 2.45) is 0 Å². The molecule has 0 unspecified atom stereocenters. The van der Waals surface area contributed by atoms with E-state index in [2.05, 4.69) is 48.6 Å². The summed E-state index contributed by atoms with van der Waals surface area (Å²) >= 11 is 0. The Bertz CT molecular complexity index is 502. The molecule has 2 atom stereocenters. The van der Waals surface area contributed by atoms with Crippen molar-refractivity contribution >= 4 is 6.08 Å². The van der Waals surface area contributed by atoms with Gasteiger partial charge >= 0.3 is 0 Å². The lowest BCUT2D eigenvalue weighted by Crippen LogP contribution is -1.83. The van der Waals surface area contributed by atoms with Crippen LogP contribution in [0, 0.1) is 0 Å². The zero-order valence-electron chi connectivity index (χ0n) is 9.49. The molecule has 1 aliphatic rings. The van der Waals surface area contributed by atoms with Gasteiger partial charge in [-0.1, -0.05) is 72.8 Å². The number of hydrogen-bond donors (Lipinski definition) is 0. The predicted molar refractivity (Wildman–Crippen MR) is 69.5 cm³/mol. The second-order valence-corrected chi connectivity index (χ2v) is 4.20. The zero-order valence-corrected chi connectivity index (χ0v) is 9.49. The predicted octanol–water partition coefficient (Wildman–Crippen LogP) is 3.84. The molecule has 1 aliphatic heterocycles. The topological polar surface area (TPSA) is 12.5 Å². The van der Waals surface area contributed by atoms with Gasteiger partial charge in [-0.2, -0.15) is 0 Å². The molecule has 0 aromatic heterocycles. The van der Waals surface area contributed by atoms with E-state index in [9.17, 15) is 0 Å². The summed E-state index contributed by atoms with van der Waals surface area (Å²) in [5.41, 5.74) is 2.48. The smallest absolute Gasteiger partial charge is 0.113 e. The van der Waals surface area contributed by atoms with Crippen molar-refractivity contribution < 1.29 is 4.74 Å². The van der Waals surface area contributed by atoms with Crippen molar-refractivity contribution in [3.8, 4) is 0 Å². The molecule has 0 bridgehead atoms. The van der Waals surface area contributed by atoms with E-state index < -0.39 is 0 Å². The van der Waals surface area contributed by atoms with Crippen LogP contribution in [-0.4, -0.2) is 6.10 Å². The van der Waals surface area contributed by atoms with E-state index in [1.807, 2.05) is 24.3 Å². The molecular weight excluding hydrogens is 208 g/mol. The highest BCUT2D eigenvalue weighted by molar-refractivity contribution is 5.50. The average Bonchev–Trinajstić information content (AvgIpc) is 3.18. The molecule has 0 spiro atoms. The van der Waals surface area contributed by atoms with Crippen LogP contribution in [0.15, 0.2) is 66.7 Å². The van der Waals surface area contributed by atoms with Crippen LogP contribution in [0.3, 0.4) is 0 Å². The highest BCUT2D eigenvalue weighted by Crippen LogP contribution is 2.39. The fourth-order valence-corrected chi connectivity index (χ4v) is 1.95. The van der Waals surface area contributed by atoms with Gasteiger partial charge in [-0.25, -0.2) is 0 Å². The maximum Gasteiger partial charge on any atom is 0.113 e. The normalized spacial score (nSPS) is 22.8. The van der Waals surface area contributed by atoms with Crippen LogP contribution in [0.25, 0.3) is 6.08 Å². The molecule has 17 heavy (non-hydrogen) atoms. The zero-order chi connectivity index (χ0) is 11.5. The number of epoxide rings is 1. The second-order valence-electron chi connectivity index (χ2n) is 4.20. The summed E-state index contributed by atoms with van der Waals surface area (Å²) in [6, 6.07) is 20.7. The van der Waals surface area contributed by atoms with E-state index in [0.29, 0.717) is 0 Å². The van der Waals surface area contributed by atoms with Crippen LogP contribution in [0.2, 0.25) is 0 Å². The van der Waals surface area contributed by atoms with Crippen LogP contribution in [-0.2, 0) is 4.74 Å². The Morgan fingerprint density at radius 2 is 1.47 bits per heavy atom. The van der Waals surface area contributed by atoms with Crippen LogP contribution < -0.4 is 0 Å². The van der Waals surface area contributed by atoms with Gasteiger partial charge in [0.1, 0.15) is 12.2 Å². The van der Waals surface area contributed by atoms with Gasteiger partial charge in [-0.05, 0) is 11.1 Å². The summed E-state index contributed by atoms with van der Waals surface area (Å²) in [7, 11) is 0. The third kappa shape index (κ3) is 2.45. The molecule has 1 nitrogen and oxygen atoms in total. The van der Waals surface area contributed by atoms with Gasteiger partial charge in [0.25, 0.3) is 0 Å². The third-order valence-electron chi connectivity index (χ3n) is 2.93. The Morgan fingerprint density at radius 3 is 2.18 bits per heavy atom. The number of benzene rings is 2. The summed E-state index contributed by atoms with van der Waals surface area (Å²) in [4.78, 5) is 0. The summed E-state index contributed by atoms with van der Waals surface area (Å²) in [5.74, 6) is 0. The highest BCUT2D eigenvalue weighted by Gasteiger charge is 2.37. The molecule has 1 heteroatoms. The first-order chi connectivity index (χ1) is 8.43. The SMILES string of the molecule is C(=C\[C@@H]1O[C@@H]1c1ccccc1)/c1ccccc1. The third-order valence-corrected chi connectivity index (χ3v) is 2.93. The van der Waals surface area contributed by atoms with Gasteiger partial charge in [-0.15, -0.1) is 0 Å². The molecule has 0 radical (unpaired) electrons. The first kappa shape index (κ1) is 10.3. The standard InChI is InChI=1S/C16H14O/c1-3-7-13(8-4-1)11-12-15-16(17-15)14-9-5-2-6-10-14/h1-12,15-16H/b12-11+/t15-,16+/m0/s1. The van der Waals surface area contributed by atoms with Crippen molar-refractivity contribution in [2.75, 3.05) is 0 Å². The van der Waals surface area contributed by atoms with Gasteiger partial charge < -0.3 is 4.74 Å². The first-order valence-corrected chi connectivity index (χ1v) is 5.87. The highest BCUT2D eigenvalue weighted by atomic mass is 16.6. The summed E-state index contributed by atoms with van der Waals surface area (Å²) in [6.07, 6.45) is 4.73. The molecule has 2 aromatic rings. The fraction of sp³-hybridized carbons (Fsp3) is 0.125. The summed E-state index contributed by atoms with van der Waals surface area (Å²) < 4.78 is 5.64. The van der Waals surface area contributed by atoms with Crippen LogP contribution in [0.1, 0.15) is 17.2 Å². The van der Waals surface area contributed by atoms with Crippen LogP contribution in [0.4, 0.5) is 0 Å². The second kappa shape index (κ2) is 4.56. The monoisotopic (exact) mass is 222 g/mol. The van der Waals surface area contributed by atoms with Crippen molar-refractivity contribution in [1.82, 2.24) is 0 Å². The summed E-state index contributed by atoms with van der Waals surface area (Å²) in [6.45, 7) is 0. The maximum absolute atomic E-state index is 5.64. The van der Waals surface area contributed by atoms with E-state index in [0.717, 1.165) is 0 Å². The van der Waals surface area contributed by atoms with Crippen LogP contribution >= 0.6 is 0 Å². The van der Waals surface area contributed by atoms with E-state index in [4.69, 9.17) is 4.74 Å². The minimum absolute atomic E-state index is 0.234. The Hall–Kier alpha value is -1.86. The number of hydrogen-bond acceptors (Lipinski definition) is 1. The quantitative estimate of drug-likeness (QED) is 0.719. The van der Waals surface area contributed by atoms with Gasteiger partial charge in [0.2, 0.25) is 0 Å². The lowest BCUT2D eigenvalue weighted by atomic mass is 10.1. The minimum atomic E-state index is 0.234. The number of rotatable bonds is 3. The Balaban J connectivity index is 1.65. The molecule has 0 amide bonds. The van der Waals surface area contributed by atoms with Gasteiger partial charge in [0, 0.05) is 0 Å². The molecule has 0 N–H and O–H groups in total. The van der Waals surface area contributed by atoms with E-state index in [1.165, 1.54) is 11.1 Å². The lowest BCUT2D eigenvalue weighted by molar-refractivity contribution is 0.394. The lowest BCUT2D eigenvalue weighted by Gasteiger charge is -1.92. The molecule has 1 fully saturated rings. The molecule has 1 saturated heterocycles. The van der Waals surface area contributed by atoms with E-state index in [-0.39, 0.29) is 12.2 Å². The van der Waals surface area contributed by atoms with Crippen molar-refractivity contribution in [3.63, 3.8) is 0 Å². The molecule has 3 rings (SSSR count). The molecule has 84 valence electrons. The Kier molecular flexibility index (Phi) is 2.76. The minimum Gasteiger partial charge on any atom is -0.360 e. The summed E-state index contributed by atoms with van der Waals surface area (Å²) in [5, 5.41) is 0. The molecule has 0 aliphatic carbocycles. The van der Waals surface area contributed by atoms with E-state index in [1.54, 1.807) is 0 Å². The van der Waals surface area contributed by atoms with Crippen molar-refractivity contribution in [2.45, 2.75) is 12.2 Å². The molecular formula is C16H14O. The average molecular weight is 222 g/mol. The fourth-order valence-electron chi connectivity index (χ4n) is 1.95. The van der Waals surface area contributed by atoms with Gasteiger partial charge in [-0.3, -0.25) is 0 Å². The van der Waals surface area contributed by atoms with Crippen LogP contribution in [0.5, 0.6) is 0 Å². The maximum atomic E-state index is 5.64. The van der Waals surface area contributed by atoms with Crippen molar-refractivity contribution in [1.29, 1.82) is 0 Å². The van der Waals surface area contributed by atoms with E-state index >= 15 is 0 Å². The van der Waals surface area contributed by atoms with Gasteiger partial charge in [0.15, 0.2) is 0 Å². The number of ether oxygens (including phenoxy) is 1. The molecule has 2 aromatic carbocycles. The molecule has 1 heterocycles. The van der Waals surface area contributed by atoms with Gasteiger partial charge in [0.05, 0.1) is 0 Å².